The fraction of sp³-hybridized carbons (Fsp3) is 0.714. The van der Waals surface area contributed by atoms with Crippen LogP contribution in [-0.4, -0.2) is 43.3 Å². The Morgan fingerprint density at radius 1 is 1.26 bits per heavy atom. The lowest BCUT2D eigenvalue weighted by atomic mass is 10.0. The fourth-order valence-corrected chi connectivity index (χ4v) is 2.14. The van der Waals surface area contributed by atoms with Crippen LogP contribution in [0.4, 0.5) is 11.6 Å². The third-order valence-electron chi connectivity index (χ3n) is 3.11. The minimum atomic E-state index is 0.363. The first-order valence-electron chi connectivity index (χ1n) is 6.81. The van der Waals surface area contributed by atoms with E-state index in [0.29, 0.717) is 18.6 Å². The van der Waals surface area contributed by atoms with Gasteiger partial charge in [0.05, 0.1) is 6.61 Å². The van der Waals surface area contributed by atoms with Crippen LogP contribution in [0.3, 0.4) is 0 Å². The second-order valence-corrected chi connectivity index (χ2v) is 5.14. The molecule has 5 nitrogen and oxygen atoms in total. The summed E-state index contributed by atoms with van der Waals surface area (Å²) < 4.78 is 5.20. The average Bonchev–Trinajstić information content (AvgIpc) is 2.38. The lowest BCUT2D eigenvalue weighted by Gasteiger charge is -2.30. The topological polar surface area (TPSA) is 50.3 Å². The zero-order chi connectivity index (χ0) is 14.4. The van der Waals surface area contributed by atoms with E-state index < -0.39 is 0 Å². The molecule has 1 aromatic rings. The molecule has 0 aromatic carbocycles. The van der Waals surface area contributed by atoms with Crippen molar-refractivity contribution in [3.63, 3.8) is 0 Å². The molecule has 0 amide bonds. The van der Waals surface area contributed by atoms with Gasteiger partial charge in [-0.25, -0.2) is 9.97 Å². The molecule has 0 saturated heterocycles. The van der Waals surface area contributed by atoms with E-state index in [4.69, 9.17) is 4.74 Å². The number of ether oxygens (including phenoxy) is 1. The normalized spacial score (nSPS) is 11.2. The highest BCUT2D eigenvalue weighted by molar-refractivity contribution is 5.60. The molecular weight excluding hydrogens is 240 g/mol. The molecule has 0 aliphatic carbocycles. The first-order chi connectivity index (χ1) is 9.02. The summed E-state index contributed by atoms with van der Waals surface area (Å²) in [5.74, 6) is 2.27. The second kappa shape index (κ2) is 7.28. The fourth-order valence-electron chi connectivity index (χ4n) is 2.14. The van der Waals surface area contributed by atoms with Crippen molar-refractivity contribution in [2.24, 2.45) is 0 Å². The van der Waals surface area contributed by atoms with E-state index in [1.807, 2.05) is 7.05 Å². The Morgan fingerprint density at radius 2 is 1.95 bits per heavy atom. The lowest BCUT2D eigenvalue weighted by Crippen LogP contribution is -2.35. The maximum absolute atomic E-state index is 5.20. The quantitative estimate of drug-likeness (QED) is 0.821. The standard InChI is InChI=1S/C14H26N4O/c1-10(2)12-13(15-5)16-9-17-14(12)18(11(3)4)7-8-19-6/h9-11H,7-8H2,1-6H3,(H,15,16,17). The van der Waals surface area contributed by atoms with Gasteiger partial charge in [-0.15, -0.1) is 0 Å². The summed E-state index contributed by atoms with van der Waals surface area (Å²) in [5.41, 5.74) is 1.16. The Balaban J connectivity index is 3.21. The van der Waals surface area contributed by atoms with Crippen molar-refractivity contribution in [2.45, 2.75) is 39.7 Å². The molecule has 5 heteroatoms. The predicted octanol–water partition coefficient (Wildman–Crippen LogP) is 2.50. The third kappa shape index (κ3) is 3.80. The molecule has 0 spiro atoms. The van der Waals surface area contributed by atoms with Crippen LogP contribution in [-0.2, 0) is 4.74 Å². The van der Waals surface area contributed by atoms with E-state index in [1.54, 1.807) is 13.4 Å². The predicted molar refractivity (Wildman–Crippen MR) is 80.0 cm³/mol. The summed E-state index contributed by atoms with van der Waals surface area (Å²) >= 11 is 0. The molecule has 1 heterocycles. The van der Waals surface area contributed by atoms with Crippen LogP contribution in [0.2, 0.25) is 0 Å². The minimum absolute atomic E-state index is 0.363. The molecule has 0 fully saturated rings. The third-order valence-corrected chi connectivity index (χ3v) is 3.11. The van der Waals surface area contributed by atoms with Crippen molar-refractivity contribution >= 4 is 11.6 Å². The van der Waals surface area contributed by atoms with Gasteiger partial charge in [-0.3, -0.25) is 0 Å². The number of hydrogen-bond donors (Lipinski definition) is 1. The van der Waals surface area contributed by atoms with Crippen LogP contribution < -0.4 is 10.2 Å². The largest absolute Gasteiger partial charge is 0.383 e. The first kappa shape index (κ1) is 15.7. The highest BCUT2D eigenvalue weighted by Gasteiger charge is 2.20. The summed E-state index contributed by atoms with van der Waals surface area (Å²) in [6.45, 7) is 10.2. The van der Waals surface area contributed by atoms with Crippen molar-refractivity contribution in [2.75, 3.05) is 37.5 Å². The van der Waals surface area contributed by atoms with Crippen LogP contribution in [0.25, 0.3) is 0 Å². The van der Waals surface area contributed by atoms with E-state index in [1.165, 1.54) is 0 Å². The number of hydrogen-bond acceptors (Lipinski definition) is 5. The van der Waals surface area contributed by atoms with Gasteiger partial charge in [0.2, 0.25) is 0 Å². The summed E-state index contributed by atoms with van der Waals surface area (Å²) in [4.78, 5) is 11.1. The van der Waals surface area contributed by atoms with Gasteiger partial charge in [-0.1, -0.05) is 13.8 Å². The van der Waals surface area contributed by atoms with Crippen molar-refractivity contribution in [1.82, 2.24) is 9.97 Å². The van der Waals surface area contributed by atoms with Crippen molar-refractivity contribution in [3.8, 4) is 0 Å². The van der Waals surface area contributed by atoms with Gasteiger partial charge in [0.1, 0.15) is 18.0 Å². The summed E-state index contributed by atoms with van der Waals surface area (Å²) in [6.07, 6.45) is 1.62. The molecule has 19 heavy (non-hydrogen) atoms. The van der Waals surface area contributed by atoms with E-state index in [9.17, 15) is 0 Å². The van der Waals surface area contributed by atoms with E-state index in [0.717, 1.165) is 23.7 Å². The van der Waals surface area contributed by atoms with Gasteiger partial charge in [0, 0.05) is 32.3 Å². The molecule has 0 aliphatic heterocycles. The van der Waals surface area contributed by atoms with Crippen molar-refractivity contribution in [3.05, 3.63) is 11.9 Å². The Morgan fingerprint density at radius 3 is 2.42 bits per heavy atom. The molecule has 0 saturated carbocycles. The SMILES string of the molecule is CNc1ncnc(N(CCOC)C(C)C)c1C(C)C. The molecular formula is C14H26N4O. The monoisotopic (exact) mass is 266 g/mol. The molecule has 0 bridgehead atoms. The van der Waals surface area contributed by atoms with Gasteiger partial charge in [0.25, 0.3) is 0 Å². The van der Waals surface area contributed by atoms with Crippen molar-refractivity contribution in [1.29, 1.82) is 0 Å². The maximum atomic E-state index is 5.20. The van der Waals surface area contributed by atoms with Crippen LogP contribution >= 0.6 is 0 Å². The lowest BCUT2D eigenvalue weighted by molar-refractivity contribution is 0.203. The summed E-state index contributed by atoms with van der Waals surface area (Å²) in [6, 6.07) is 0.368. The second-order valence-electron chi connectivity index (χ2n) is 5.14. The zero-order valence-electron chi connectivity index (χ0n) is 12.9. The zero-order valence-corrected chi connectivity index (χ0v) is 12.9. The summed E-state index contributed by atoms with van der Waals surface area (Å²) in [7, 11) is 3.62. The van der Waals surface area contributed by atoms with Gasteiger partial charge < -0.3 is 15.0 Å². The number of anilines is 2. The van der Waals surface area contributed by atoms with Crippen molar-refractivity contribution < 1.29 is 4.74 Å². The molecule has 0 atom stereocenters. The van der Waals surface area contributed by atoms with E-state index in [-0.39, 0.29) is 0 Å². The van der Waals surface area contributed by atoms with Gasteiger partial charge in [0.15, 0.2) is 0 Å². The number of methoxy groups -OCH3 is 1. The Bertz CT molecular complexity index is 393. The number of nitrogens with zero attached hydrogens (tertiary/aromatic N) is 3. The Hall–Kier alpha value is -1.36. The first-order valence-corrected chi connectivity index (χ1v) is 6.81. The minimum Gasteiger partial charge on any atom is -0.383 e. The number of aromatic nitrogens is 2. The summed E-state index contributed by atoms with van der Waals surface area (Å²) in [5, 5.41) is 3.16. The van der Waals surface area contributed by atoms with Crippen LogP contribution in [0.15, 0.2) is 6.33 Å². The van der Waals surface area contributed by atoms with E-state index >= 15 is 0 Å². The van der Waals surface area contributed by atoms with Gasteiger partial charge in [-0.05, 0) is 19.8 Å². The maximum Gasteiger partial charge on any atom is 0.137 e. The van der Waals surface area contributed by atoms with E-state index in [2.05, 4.69) is 47.9 Å². The molecule has 0 radical (unpaired) electrons. The smallest absolute Gasteiger partial charge is 0.137 e. The average molecular weight is 266 g/mol. The molecule has 1 rings (SSSR count). The van der Waals surface area contributed by atoms with Crippen LogP contribution in [0.1, 0.15) is 39.2 Å². The molecule has 108 valence electrons. The van der Waals surface area contributed by atoms with Gasteiger partial charge in [-0.2, -0.15) is 0 Å². The number of nitrogens with one attached hydrogen (secondary N) is 1. The Labute approximate surface area is 116 Å². The molecule has 0 unspecified atom stereocenters. The van der Waals surface area contributed by atoms with Gasteiger partial charge >= 0.3 is 0 Å². The molecule has 1 aromatic heterocycles. The highest BCUT2D eigenvalue weighted by Crippen LogP contribution is 2.31. The molecule has 1 N–H and O–H groups in total. The highest BCUT2D eigenvalue weighted by atomic mass is 16.5. The number of rotatable bonds is 7. The van der Waals surface area contributed by atoms with Crippen LogP contribution in [0, 0.1) is 0 Å². The molecule has 0 aliphatic rings. The Kier molecular flexibility index (Phi) is 6.02. The van der Waals surface area contributed by atoms with Crippen LogP contribution in [0.5, 0.6) is 0 Å².